The lowest BCUT2D eigenvalue weighted by atomic mass is 10.1. The molecule has 120 valence electrons. The Morgan fingerprint density at radius 1 is 1.21 bits per heavy atom. The molecule has 0 N–H and O–H groups in total. The standard InChI is InChI=1S/C18H12BrClN2O2/c1-23-17-8-13(6-14(9-21)10-22)7-16(19)18(17)24-11-12-2-4-15(20)5-3-12/h2-8H,11H2,1H3. The maximum Gasteiger partial charge on any atom is 0.175 e. The average molecular weight is 404 g/mol. The molecular formula is C18H12BrClN2O2. The Hall–Kier alpha value is -2.47. The van der Waals surface area contributed by atoms with Gasteiger partial charge in [0.25, 0.3) is 0 Å². The molecule has 2 aromatic carbocycles. The van der Waals surface area contributed by atoms with Crippen molar-refractivity contribution in [3.8, 4) is 23.6 Å². The number of nitriles is 2. The second-order valence-corrected chi connectivity index (χ2v) is 6.02. The Morgan fingerprint density at radius 2 is 1.88 bits per heavy atom. The molecule has 0 saturated heterocycles. The number of nitrogens with zero attached hydrogens (tertiary/aromatic N) is 2. The Morgan fingerprint density at radius 3 is 2.46 bits per heavy atom. The minimum Gasteiger partial charge on any atom is -0.493 e. The van der Waals surface area contributed by atoms with Gasteiger partial charge >= 0.3 is 0 Å². The van der Waals surface area contributed by atoms with Gasteiger partial charge in [-0.3, -0.25) is 0 Å². The molecule has 0 amide bonds. The Labute approximate surface area is 153 Å². The Kier molecular flexibility index (Phi) is 6.26. The van der Waals surface area contributed by atoms with Gasteiger partial charge in [-0.15, -0.1) is 0 Å². The number of ether oxygens (including phenoxy) is 2. The van der Waals surface area contributed by atoms with E-state index in [4.69, 9.17) is 31.6 Å². The van der Waals surface area contributed by atoms with E-state index >= 15 is 0 Å². The van der Waals surface area contributed by atoms with E-state index in [0.29, 0.717) is 33.2 Å². The first-order chi connectivity index (χ1) is 11.6. The van der Waals surface area contributed by atoms with Crippen molar-refractivity contribution < 1.29 is 9.47 Å². The summed E-state index contributed by atoms with van der Waals surface area (Å²) in [7, 11) is 1.53. The molecule has 0 atom stereocenters. The summed E-state index contributed by atoms with van der Waals surface area (Å²) < 4.78 is 11.8. The highest BCUT2D eigenvalue weighted by Crippen LogP contribution is 2.37. The van der Waals surface area contributed by atoms with E-state index < -0.39 is 0 Å². The molecule has 2 aromatic rings. The summed E-state index contributed by atoms with van der Waals surface area (Å²) in [4.78, 5) is 0. The van der Waals surface area contributed by atoms with Gasteiger partial charge in [-0.05, 0) is 57.4 Å². The number of allylic oxidation sites excluding steroid dienone is 1. The molecule has 0 aliphatic carbocycles. The van der Waals surface area contributed by atoms with Gasteiger partial charge in [0, 0.05) is 5.02 Å². The van der Waals surface area contributed by atoms with Crippen LogP contribution in [-0.4, -0.2) is 7.11 Å². The van der Waals surface area contributed by atoms with Crippen LogP contribution in [0, 0.1) is 22.7 Å². The van der Waals surface area contributed by atoms with Crippen molar-refractivity contribution in [3.63, 3.8) is 0 Å². The number of rotatable bonds is 5. The van der Waals surface area contributed by atoms with Crippen LogP contribution < -0.4 is 9.47 Å². The van der Waals surface area contributed by atoms with E-state index in [0.717, 1.165) is 5.56 Å². The summed E-state index contributed by atoms with van der Waals surface area (Å²) in [6.07, 6.45) is 1.48. The summed E-state index contributed by atoms with van der Waals surface area (Å²) in [5.74, 6) is 1.04. The summed E-state index contributed by atoms with van der Waals surface area (Å²) in [5, 5.41) is 18.4. The van der Waals surface area contributed by atoms with Gasteiger partial charge in [0.05, 0.1) is 11.6 Å². The van der Waals surface area contributed by atoms with E-state index in [1.807, 2.05) is 24.3 Å². The number of benzene rings is 2. The summed E-state index contributed by atoms with van der Waals surface area (Å²) in [6, 6.07) is 14.5. The molecular weight excluding hydrogens is 392 g/mol. The molecule has 4 nitrogen and oxygen atoms in total. The molecule has 0 aliphatic heterocycles. The lowest BCUT2D eigenvalue weighted by Gasteiger charge is -2.13. The molecule has 0 heterocycles. The predicted molar refractivity (Wildman–Crippen MR) is 95.7 cm³/mol. The van der Waals surface area contributed by atoms with Gasteiger partial charge in [0.1, 0.15) is 24.3 Å². The highest BCUT2D eigenvalue weighted by atomic mass is 79.9. The molecule has 0 unspecified atom stereocenters. The van der Waals surface area contributed by atoms with Crippen LogP contribution in [0.3, 0.4) is 0 Å². The van der Waals surface area contributed by atoms with Crippen LogP contribution in [0.1, 0.15) is 11.1 Å². The van der Waals surface area contributed by atoms with Crippen LogP contribution in [0.2, 0.25) is 5.02 Å². The molecule has 6 heteroatoms. The van der Waals surface area contributed by atoms with E-state index in [-0.39, 0.29) is 5.57 Å². The number of halogens is 2. The third-order valence-corrected chi connectivity index (χ3v) is 3.94. The molecule has 24 heavy (non-hydrogen) atoms. The van der Waals surface area contributed by atoms with Crippen LogP contribution >= 0.6 is 27.5 Å². The largest absolute Gasteiger partial charge is 0.493 e. The molecule has 0 fully saturated rings. The van der Waals surface area contributed by atoms with Gasteiger partial charge in [-0.2, -0.15) is 10.5 Å². The first kappa shape index (κ1) is 17.9. The quantitative estimate of drug-likeness (QED) is 0.650. The van der Waals surface area contributed by atoms with E-state index in [1.165, 1.54) is 13.2 Å². The highest BCUT2D eigenvalue weighted by molar-refractivity contribution is 9.10. The second kappa shape index (κ2) is 8.40. The number of hydrogen-bond donors (Lipinski definition) is 0. The molecule has 0 spiro atoms. The van der Waals surface area contributed by atoms with Crippen LogP contribution in [0.4, 0.5) is 0 Å². The van der Waals surface area contributed by atoms with Crippen molar-refractivity contribution in [2.75, 3.05) is 7.11 Å². The van der Waals surface area contributed by atoms with Gasteiger partial charge in [-0.1, -0.05) is 23.7 Å². The van der Waals surface area contributed by atoms with Crippen LogP contribution in [0.15, 0.2) is 46.4 Å². The van der Waals surface area contributed by atoms with Gasteiger partial charge in [-0.25, -0.2) is 0 Å². The molecule has 0 aliphatic rings. The fourth-order valence-electron chi connectivity index (χ4n) is 1.96. The van der Waals surface area contributed by atoms with Crippen molar-refractivity contribution in [2.45, 2.75) is 6.61 Å². The first-order valence-corrected chi connectivity index (χ1v) is 8.01. The summed E-state index contributed by atoms with van der Waals surface area (Å²) in [6.45, 7) is 0.350. The molecule has 0 aromatic heterocycles. The minimum absolute atomic E-state index is 0.0128. The van der Waals surface area contributed by atoms with E-state index in [1.54, 1.807) is 24.3 Å². The minimum atomic E-state index is 0.0128. The first-order valence-electron chi connectivity index (χ1n) is 6.84. The van der Waals surface area contributed by atoms with Crippen molar-refractivity contribution in [3.05, 3.63) is 62.6 Å². The molecule has 0 saturated carbocycles. The van der Waals surface area contributed by atoms with Crippen LogP contribution in [-0.2, 0) is 6.61 Å². The van der Waals surface area contributed by atoms with E-state index in [9.17, 15) is 0 Å². The highest BCUT2D eigenvalue weighted by Gasteiger charge is 2.12. The Balaban J connectivity index is 2.27. The second-order valence-electron chi connectivity index (χ2n) is 4.73. The number of hydrogen-bond acceptors (Lipinski definition) is 4. The zero-order valence-corrected chi connectivity index (χ0v) is 15.1. The van der Waals surface area contributed by atoms with Crippen molar-refractivity contribution in [1.82, 2.24) is 0 Å². The fraction of sp³-hybridized carbons (Fsp3) is 0.111. The average Bonchev–Trinajstić information content (AvgIpc) is 2.59. The zero-order chi connectivity index (χ0) is 17.5. The monoisotopic (exact) mass is 402 g/mol. The van der Waals surface area contributed by atoms with Crippen molar-refractivity contribution in [2.24, 2.45) is 0 Å². The fourth-order valence-corrected chi connectivity index (χ4v) is 2.66. The summed E-state index contributed by atoms with van der Waals surface area (Å²) in [5.41, 5.74) is 1.64. The molecule has 2 rings (SSSR count). The maximum atomic E-state index is 8.85. The SMILES string of the molecule is COc1cc(C=C(C#N)C#N)cc(Br)c1OCc1ccc(Cl)cc1. The third kappa shape index (κ3) is 4.52. The molecule has 0 radical (unpaired) electrons. The lowest BCUT2D eigenvalue weighted by molar-refractivity contribution is 0.282. The predicted octanol–water partition coefficient (Wildman–Crippen LogP) is 5.12. The lowest BCUT2D eigenvalue weighted by Crippen LogP contribution is -1.99. The Bertz CT molecular complexity index is 833. The van der Waals surface area contributed by atoms with Gasteiger partial charge in [0.15, 0.2) is 11.5 Å². The zero-order valence-electron chi connectivity index (χ0n) is 12.7. The third-order valence-electron chi connectivity index (χ3n) is 3.10. The van der Waals surface area contributed by atoms with Crippen LogP contribution in [0.5, 0.6) is 11.5 Å². The molecule has 0 bridgehead atoms. The van der Waals surface area contributed by atoms with Crippen molar-refractivity contribution >= 4 is 33.6 Å². The maximum absolute atomic E-state index is 8.85. The normalized spacial score (nSPS) is 9.54. The van der Waals surface area contributed by atoms with Gasteiger partial charge < -0.3 is 9.47 Å². The van der Waals surface area contributed by atoms with Crippen LogP contribution in [0.25, 0.3) is 6.08 Å². The topological polar surface area (TPSA) is 66.0 Å². The van der Waals surface area contributed by atoms with E-state index in [2.05, 4.69) is 15.9 Å². The van der Waals surface area contributed by atoms with Gasteiger partial charge in [0.2, 0.25) is 0 Å². The number of methoxy groups -OCH3 is 1. The summed E-state index contributed by atoms with van der Waals surface area (Å²) >= 11 is 9.30. The smallest absolute Gasteiger partial charge is 0.175 e. The van der Waals surface area contributed by atoms with Crippen molar-refractivity contribution in [1.29, 1.82) is 10.5 Å².